The van der Waals surface area contributed by atoms with Crippen molar-refractivity contribution in [2.45, 2.75) is 6.10 Å². The van der Waals surface area contributed by atoms with E-state index < -0.39 is 0 Å². The molecule has 0 bridgehead atoms. The third-order valence-electron chi connectivity index (χ3n) is 4.11. The summed E-state index contributed by atoms with van der Waals surface area (Å²) in [5.74, 6) is 1.29. The number of aromatic nitrogens is 2. The van der Waals surface area contributed by atoms with Gasteiger partial charge in [0.15, 0.2) is 5.65 Å². The average molecular weight is 389 g/mol. The van der Waals surface area contributed by atoms with Crippen molar-refractivity contribution in [2.75, 3.05) is 30.6 Å². The highest BCUT2D eigenvalue weighted by molar-refractivity contribution is 8.08. The number of fused-ring (bicyclic) bond motifs is 1. The van der Waals surface area contributed by atoms with Crippen LogP contribution in [0.3, 0.4) is 0 Å². The zero-order valence-electron chi connectivity index (χ0n) is 14.1. The van der Waals surface area contributed by atoms with Gasteiger partial charge < -0.3 is 9.47 Å². The molecule has 2 aliphatic rings. The lowest BCUT2D eigenvalue weighted by atomic mass is 10.3. The van der Waals surface area contributed by atoms with E-state index in [1.807, 2.05) is 6.07 Å². The molecule has 0 fully saturated rings. The number of pyridine rings is 2. The van der Waals surface area contributed by atoms with Crippen LogP contribution in [-0.4, -0.2) is 53.6 Å². The molecular weight excluding hydrogens is 374 g/mol. The van der Waals surface area contributed by atoms with Crippen molar-refractivity contribution in [3.8, 4) is 5.88 Å². The molecule has 0 saturated carbocycles. The molecule has 2 aromatic rings. The average Bonchev–Trinajstić information content (AvgIpc) is 2.82. The van der Waals surface area contributed by atoms with Crippen molar-refractivity contribution in [2.24, 2.45) is 0 Å². The Bertz CT molecular complexity index is 917. The van der Waals surface area contributed by atoms with Crippen LogP contribution in [0.1, 0.15) is 0 Å². The lowest BCUT2D eigenvalue weighted by Gasteiger charge is -2.16. The molecule has 9 heteroatoms. The van der Waals surface area contributed by atoms with Crippen LogP contribution in [0, 0.1) is 0 Å². The van der Waals surface area contributed by atoms with Gasteiger partial charge in [-0.2, -0.15) is 4.98 Å². The lowest BCUT2D eigenvalue weighted by molar-refractivity contribution is -0.120. The highest BCUT2D eigenvalue weighted by Gasteiger charge is 2.42. The van der Waals surface area contributed by atoms with E-state index in [1.54, 1.807) is 25.3 Å². The maximum Gasteiger partial charge on any atom is 0.274 e. The fourth-order valence-corrected chi connectivity index (χ4v) is 5.28. The van der Waals surface area contributed by atoms with Gasteiger partial charge in [0.1, 0.15) is 5.82 Å². The van der Waals surface area contributed by atoms with E-state index in [-0.39, 0.29) is 23.7 Å². The smallest absolute Gasteiger partial charge is 0.274 e. The summed E-state index contributed by atoms with van der Waals surface area (Å²) < 4.78 is 10.5. The Kier molecular flexibility index (Phi) is 4.60. The van der Waals surface area contributed by atoms with Gasteiger partial charge in [-0.3, -0.25) is 9.59 Å². The van der Waals surface area contributed by atoms with Crippen molar-refractivity contribution < 1.29 is 19.1 Å². The van der Waals surface area contributed by atoms with E-state index in [2.05, 4.69) is 9.97 Å². The van der Waals surface area contributed by atoms with Gasteiger partial charge in [-0.15, -0.1) is 23.5 Å². The number of ether oxygens (including phenoxy) is 2. The summed E-state index contributed by atoms with van der Waals surface area (Å²) in [6, 6.07) is 7.01. The zero-order valence-corrected chi connectivity index (χ0v) is 15.7. The van der Waals surface area contributed by atoms with Crippen molar-refractivity contribution in [3.63, 3.8) is 0 Å². The Morgan fingerprint density at radius 1 is 1.00 bits per heavy atom. The van der Waals surface area contributed by atoms with Crippen molar-refractivity contribution >= 4 is 52.2 Å². The number of carbonyl (C=O) groups excluding carboxylic acids is 2. The topological polar surface area (TPSA) is 81.6 Å². The Hall–Kier alpha value is -2.10. The molecule has 26 heavy (non-hydrogen) atoms. The largest absolute Gasteiger partial charge is 0.481 e. The maximum absolute atomic E-state index is 12.8. The van der Waals surface area contributed by atoms with E-state index in [9.17, 15) is 9.59 Å². The number of rotatable bonds is 3. The van der Waals surface area contributed by atoms with Crippen LogP contribution in [0.4, 0.5) is 5.82 Å². The second kappa shape index (κ2) is 6.90. The Balaban J connectivity index is 1.68. The Morgan fingerprint density at radius 3 is 2.27 bits per heavy atom. The Labute approximate surface area is 158 Å². The predicted octanol–water partition coefficient (Wildman–Crippen LogP) is 2.22. The highest BCUT2D eigenvalue weighted by atomic mass is 32.2. The van der Waals surface area contributed by atoms with Gasteiger partial charge in [-0.1, -0.05) is 0 Å². The van der Waals surface area contributed by atoms with Crippen LogP contribution in [0.25, 0.3) is 11.0 Å². The first-order valence-corrected chi connectivity index (χ1v) is 9.82. The first-order chi connectivity index (χ1) is 12.6. The van der Waals surface area contributed by atoms with Gasteiger partial charge in [0.25, 0.3) is 11.8 Å². The molecule has 134 valence electrons. The van der Waals surface area contributed by atoms with E-state index in [1.165, 1.54) is 30.6 Å². The number of imide groups is 1. The minimum absolute atomic E-state index is 0.0140. The quantitative estimate of drug-likeness (QED) is 0.739. The summed E-state index contributed by atoms with van der Waals surface area (Å²) in [5.41, 5.74) is 0.421. The van der Waals surface area contributed by atoms with Crippen LogP contribution < -0.4 is 9.64 Å². The summed E-state index contributed by atoms with van der Waals surface area (Å²) in [7, 11) is 3.16. The fourth-order valence-electron chi connectivity index (χ4n) is 2.70. The van der Waals surface area contributed by atoms with Gasteiger partial charge in [-0.05, 0) is 18.2 Å². The molecule has 4 heterocycles. The van der Waals surface area contributed by atoms with Crippen LogP contribution in [0.2, 0.25) is 0 Å². The van der Waals surface area contributed by atoms with Crippen molar-refractivity contribution in [1.29, 1.82) is 0 Å². The first-order valence-electron chi connectivity index (χ1n) is 7.85. The van der Waals surface area contributed by atoms with Crippen molar-refractivity contribution in [1.82, 2.24) is 9.97 Å². The second-order valence-electron chi connectivity index (χ2n) is 5.65. The number of nitrogens with zero attached hydrogens (tertiary/aromatic N) is 3. The predicted molar refractivity (Wildman–Crippen MR) is 101 cm³/mol. The first kappa shape index (κ1) is 17.3. The molecule has 2 aliphatic heterocycles. The molecule has 7 nitrogen and oxygen atoms in total. The minimum Gasteiger partial charge on any atom is -0.481 e. The maximum atomic E-state index is 12.8. The summed E-state index contributed by atoms with van der Waals surface area (Å²) in [6.45, 7) is 0. The lowest BCUT2D eigenvalue weighted by Crippen LogP contribution is -2.32. The summed E-state index contributed by atoms with van der Waals surface area (Å²) >= 11 is 2.73. The molecule has 0 unspecified atom stereocenters. The van der Waals surface area contributed by atoms with E-state index in [4.69, 9.17) is 9.47 Å². The fraction of sp³-hybridized carbons (Fsp3) is 0.294. The number of methoxy groups -OCH3 is 2. The molecule has 0 aliphatic carbocycles. The number of carbonyl (C=O) groups is 2. The summed E-state index contributed by atoms with van der Waals surface area (Å²) in [5, 5.41) is 0.801. The van der Waals surface area contributed by atoms with Crippen molar-refractivity contribution in [3.05, 3.63) is 34.1 Å². The number of anilines is 1. The summed E-state index contributed by atoms with van der Waals surface area (Å²) in [4.78, 5) is 36.4. The normalized spacial score (nSPS) is 18.5. The van der Waals surface area contributed by atoms with Crippen LogP contribution in [0.5, 0.6) is 5.88 Å². The second-order valence-corrected chi connectivity index (χ2v) is 7.71. The van der Waals surface area contributed by atoms with Gasteiger partial charge in [0, 0.05) is 30.1 Å². The molecular formula is C17H15N3O4S2. The molecule has 0 radical (unpaired) electrons. The standard InChI is InChI=1S/C17H15N3O4S2/c1-23-10-7-25-13-14(26-8-10)17(22)20(16(13)21)11-5-3-9-4-6-12(24-2)19-15(9)18-11/h3-6,10H,7-8H2,1-2H3. The monoisotopic (exact) mass is 389 g/mol. The number of thioether (sulfide) groups is 2. The molecule has 0 spiro atoms. The molecule has 4 rings (SSSR count). The molecule has 0 saturated heterocycles. The van der Waals surface area contributed by atoms with Gasteiger partial charge in [-0.25, -0.2) is 9.88 Å². The third kappa shape index (κ3) is 2.85. The highest BCUT2D eigenvalue weighted by Crippen LogP contribution is 2.41. The SMILES string of the molecule is COc1ccc2ccc(N3C(=O)C4=C(SCC(OC)CS4)C3=O)nc2n1. The van der Waals surface area contributed by atoms with Gasteiger partial charge >= 0.3 is 0 Å². The van der Waals surface area contributed by atoms with Crippen LogP contribution in [-0.2, 0) is 14.3 Å². The van der Waals surface area contributed by atoms with E-state index in [0.29, 0.717) is 32.8 Å². The molecule has 0 aromatic carbocycles. The minimum atomic E-state index is -0.339. The van der Waals surface area contributed by atoms with Crippen LogP contribution >= 0.6 is 23.5 Å². The number of hydrogen-bond acceptors (Lipinski definition) is 8. The van der Waals surface area contributed by atoms with Gasteiger partial charge in [0.05, 0.1) is 23.0 Å². The number of hydrogen-bond donors (Lipinski definition) is 0. The van der Waals surface area contributed by atoms with Crippen LogP contribution in [0.15, 0.2) is 34.1 Å². The third-order valence-corrected chi connectivity index (χ3v) is 6.65. The summed E-state index contributed by atoms with van der Waals surface area (Å²) in [6.07, 6.45) is 0.0140. The van der Waals surface area contributed by atoms with E-state index in [0.717, 1.165) is 10.3 Å². The molecule has 2 aromatic heterocycles. The zero-order chi connectivity index (χ0) is 18.3. The van der Waals surface area contributed by atoms with E-state index >= 15 is 0 Å². The number of amides is 2. The molecule has 2 amide bonds. The Morgan fingerprint density at radius 2 is 1.65 bits per heavy atom. The molecule has 0 atom stereocenters. The molecule has 0 N–H and O–H groups in total. The van der Waals surface area contributed by atoms with Gasteiger partial charge in [0.2, 0.25) is 5.88 Å².